The van der Waals surface area contributed by atoms with Crippen LogP contribution in [0.3, 0.4) is 0 Å². The number of nitrogens with zero attached hydrogens (tertiary/aromatic N) is 1. The summed E-state index contributed by atoms with van der Waals surface area (Å²) in [6.07, 6.45) is 2.23. The monoisotopic (exact) mass is 378 g/mol. The van der Waals surface area contributed by atoms with Gasteiger partial charge in [0.15, 0.2) is 0 Å². The number of piperidine rings is 1. The molecule has 0 atom stereocenters. The maximum absolute atomic E-state index is 12.4. The standard InChI is InChI=1S/C19H20Cl2N2O2/c1-23-9-7-15(8-10-23)25-16-4-2-3-14(12-16)22-19(24)17-6-5-13(20)11-18(17)21/h2-6,11-12,15H,7-10H2,1H3,(H,22,24). The summed E-state index contributed by atoms with van der Waals surface area (Å²) in [6, 6.07) is 12.2. The lowest BCUT2D eigenvalue weighted by Crippen LogP contribution is -2.35. The van der Waals surface area contributed by atoms with Gasteiger partial charge in [0.05, 0.1) is 10.6 Å². The largest absolute Gasteiger partial charge is 0.490 e. The molecule has 1 fully saturated rings. The molecule has 25 heavy (non-hydrogen) atoms. The van der Waals surface area contributed by atoms with Gasteiger partial charge in [-0.3, -0.25) is 4.79 Å². The van der Waals surface area contributed by atoms with Crippen LogP contribution in [-0.2, 0) is 0 Å². The summed E-state index contributed by atoms with van der Waals surface area (Å²) in [6.45, 7) is 2.08. The number of rotatable bonds is 4. The fraction of sp³-hybridized carbons (Fsp3) is 0.316. The van der Waals surface area contributed by atoms with Crippen molar-refractivity contribution in [2.24, 2.45) is 0 Å². The van der Waals surface area contributed by atoms with Crippen molar-refractivity contribution in [3.63, 3.8) is 0 Å². The predicted octanol–water partition coefficient (Wildman–Crippen LogP) is 4.72. The van der Waals surface area contributed by atoms with Crippen LogP contribution in [0.5, 0.6) is 5.75 Å². The molecule has 0 radical (unpaired) electrons. The van der Waals surface area contributed by atoms with Crippen LogP contribution in [0.1, 0.15) is 23.2 Å². The molecule has 132 valence electrons. The molecule has 1 amide bonds. The van der Waals surface area contributed by atoms with Gasteiger partial charge in [-0.15, -0.1) is 0 Å². The van der Waals surface area contributed by atoms with Crippen molar-refractivity contribution in [1.82, 2.24) is 4.90 Å². The van der Waals surface area contributed by atoms with E-state index in [2.05, 4.69) is 17.3 Å². The smallest absolute Gasteiger partial charge is 0.257 e. The molecule has 0 bridgehead atoms. The lowest BCUT2D eigenvalue weighted by Gasteiger charge is -2.29. The molecule has 0 aliphatic carbocycles. The minimum Gasteiger partial charge on any atom is -0.490 e. The Bertz CT molecular complexity index is 759. The Labute approximate surface area is 157 Å². The lowest BCUT2D eigenvalue weighted by molar-refractivity contribution is 0.102. The molecule has 1 aliphatic rings. The second-order valence-corrected chi connectivity index (χ2v) is 7.07. The molecule has 1 N–H and O–H groups in total. The van der Waals surface area contributed by atoms with E-state index in [9.17, 15) is 4.79 Å². The van der Waals surface area contributed by atoms with E-state index >= 15 is 0 Å². The first kappa shape index (κ1) is 18.1. The minimum atomic E-state index is -0.280. The molecule has 3 rings (SSSR count). The highest BCUT2D eigenvalue weighted by molar-refractivity contribution is 6.37. The number of anilines is 1. The third-order valence-corrected chi connectivity index (χ3v) is 4.78. The average Bonchev–Trinajstić information content (AvgIpc) is 2.57. The number of hydrogen-bond donors (Lipinski definition) is 1. The maximum atomic E-state index is 12.4. The number of hydrogen-bond acceptors (Lipinski definition) is 3. The van der Waals surface area contributed by atoms with Gasteiger partial charge in [0, 0.05) is 29.9 Å². The van der Waals surface area contributed by atoms with Crippen LogP contribution in [0.2, 0.25) is 10.0 Å². The summed E-state index contributed by atoms with van der Waals surface area (Å²) >= 11 is 12.0. The van der Waals surface area contributed by atoms with Gasteiger partial charge < -0.3 is 15.0 Å². The van der Waals surface area contributed by atoms with Gasteiger partial charge in [-0.1, -0.05) is 29.3 Å². The highest BCUT2D eigenvalue weighted by Gasteiger charge is 2.18. The Morgan fingerprint density at radius 1 is 1.16 bits per heavy atom. The van der Waals surface area contributed by atoms with Crippen LogP contribution in [-0.4, -0.2) is 37.0 Å². The van der Waals surface area contributed by atoms with E-state index in [0.717, 1.165) is 31.7 Å². The summed E-state index contributed by atoms with van der Waals surface area (Å²) in [5.74, 6) is 0.479. The highest BCUT2D eigenvalue weighted by atomic mass is 35.5. The predicted molar refractivity (Wildman–Crippen MR) is 102 cm³/mol. The Balaban J connectivity index is 1.66. The molecule has 4 nitrogen and oxygen atoms in total. The summed E-state index contributed by atoms with van der Waals surface area (Å²) in [5, 5.41) is 3.67. The van der Waals surface area contributed by atoms with Gasteiger partial charge in [0.1, 0.15) is 11.9 Å². The van der Waals surface area contributed by atoms with Crippen LogP contribution >= 0.6 is 23.2 Å². The van der Waals surface area contributed by atoms with Crippen LogP contribution < -0.4 is 10.1 Å². The molecule has 0 saturated carbocycles. The summed E-state index contributed by atoms with van der Waals surface area (Å²) in [7, 11) is 2.12. The number of nitrogens with one attached hydrogen (secondary N) is 1. The van der Waals surface area contributed by atoms with Gasteiger partial charge >= 0.3 is 0 Å². The van der Waals surface area contributed by atoms with E-state index in [1.165, 1.54) is 0 Å². The molecule has 0 aromatic heterocycles. The number of halogens is 2. The third kappa shape index (κ3) is 4.88. The molecule has 1 aliphatic heterocycles. The number of likely N-dealkylation sites (tertiary alicyclic amines) is 1. The zero-order valence-electron chi connectivity index (χ0n) is 14.0. The molecular formula is C19H20Cl2N2O2. The number of ether oxygens (including phenoxy) is 1. The Morgan fingerprint density at radius 2 is 1.92 bits per heavy atom. The molecule has 1 heterocycles. The topological polar surface area (TPSA) is 41.6 Å². The normalized spacial score (nSPS) is 15.8. The van der Waals surface area contributed by atoms with Gasteiger partial charge in [-0.25, -0.2) is 0 Å². The van der Waals surface area contributed by atoms with E-state index < -0.39 is 0 Å². The molecule has 0 unspecified atom stereocenters. The quantitative estimate of drug-likeness (QED) is 0.836. The number of amides is 1. The first-order valence-corrected chi connectivity index (χ1v) is 8.98. The highest BCUT2D eigenvalue weighted by Crippen LogP contribution is 2.24. The third-order valence-electron chi connectivity index (χ3n) is 4.24. The van der Waals surface area contributed by atoms with Crippen molar-refractivity contribution in [3.05, 3.63) is 58.1 Å². The fourth-order valence-corrected chi connectivity index (χ4v) is 3.31. The van der Waals surface area contributed by atoms with Gasteiger partial charge in [-0.2, -0.15) is 0 Å². The Kier molecular flexibility index (Phi) is 5.84. The average molecular weight is 379 g/mol. The first-order chi connectivity index (χ1) is 12.0. The Morgan fingerprint density at radius 3 is 2.64 bits per heavy atom. The van der Waals surface area contributed by atoms with E-state index in [0.29, 0.717) is 21.3 Å². The number of benzene rings is 2. The van der Waals surface area contributed by atoms with Crippen molar-refractivity contribution in [2.45, 2.75) is 18.9 Å². The molecule has 2 aromatic rings. The Hall–Kier alpha value is -1.75. The number of carbonyl (C=O) groups is 1. The van der Waals surface area contributed by atoms with Crippen LogP contribution in [0.15, 0.2) is 42.5 Å². The summed E-state index contributed by atoms with van der Waals surface area (Å²) in [5.41, 5.74) is 1.05. The molecule has 2 aromatic carbocycles. The van der Waals surface area contributed by atoms with Gasteiger partial charge in [0.2, 0.25) is 0 Å². The first-order valence-electron chi connectivity index (χ1n) is 8.23. The molecule has 0 spiro atoms. The molecule has 6 heteroatoms. The lowest BCUT2D eigenvalue weighted by atomic mass is 10.1. The second kappa shape index (κ2) is 8.09. The van der Waals surface area contributed by atoms with Gasteiger partial charge in [0.25, 0.3) is 5.91 Å². The molecular weight excluding hydrogens is 359 g/mol. The summed E-state index contributed by atoms with van der Waals surface area (Å²) < 4.78 is 6.05. The maximum Gasteiger partial charge on any atom is 0.257 e. The number of carbonyl (C=O) groups excluding carboxylic acids is 1. The van der Waals surface area contributed by atoms with Crippen molar-refractivity contribution in [3.8, 4) is 5.75 Å². The minimum absolute atomic E-state index is 0.216. The SMILES string of the molecule is CN1CCC(Oc2cccc(NC(=O)c3ccc(Cl)cc3Cl)c2)CC1. The van der Waals surface area contributed by atoms with Crippen LogP contribution in [0.25, 0.3) is 0 Å². The second-order valence-electron chi connectivity index (χ2n) is 6.23. The van der Waals surface area contributed by atoms with Crippen molar-refractivity contribution < 1.29 is 9.53 Å². The van der Waals surface area contributed by atoms with Crippen molar-refractivity contribution in [1.29, 1.82) is 0 Å². The summed E-state index contributed by atoms with van der Waals surface area (Å²) in [4.78, 5) is 14.7. The van der Waals surface area contributed by atoms with Crippen molar-refractivity contribution in [2.75, 3.05) is 25.5 Å². The zero-order valence-corrected chi connectivity index (χ0v) is 15.5. The van der Waals surface area contributed by atoms with E-state index in [1.54, 1.807) is 18.2 Å². The van der Waals surface area contributed by atoms with E-state index in [4.69, 9.17) is 27.9 Å². The molecule has 1 saturated heterocycles. The van der Waals surface area contributed by atoms with Crippen molar-refractivity contribution >= 4 is 34.8 Å². The zero-order chi connectivity index (χ0) is 17.8. The van der Waals surface area contributed by atoms with E-state index in [-0.39, 0.29) is 12.0 Å². The fourth-order valence-electron chi connectivity index (χ4n) is 2.81. The van der Waals surface area contributed by atoms with Crippen LogP contribution in [0, 0.1) is 0 Å². The van der Waals surface area contributed by atoms with Crippen LogP contribution in [0.4, 0.5) is 5.69 Å². The van der Waals surface area contributed by atoms with E-state index in [1.807, 2.05) is 24.3 Å². The van der Waals surface area contributed by atoms with Gasteiger partial charge in [-0.05, 0) is 50.2 Å².